The number of fused-ring (bicyclic) bond motifs is 2. The Kier molecular flexibility index (Phi) is 2.34. The van der Waals surface area contributed by atoms with E-state index in [0.29, 0.717) is 0 Å². The SMILES string of the molecule is Sc1ccc2cc3cc(S)ccc3cc2c1. The Hall–Kier alpha value is -1.12. The van der Waals surface area contributed by atoms with E-state index < -0.39 is 0 Å². The fourth-order valence-electron chi connectivity index (χ4n) is 1.97. The zero-order valence-corrected chi connectivity index (χ0v) is 10.3. The molecule has 16 heavy (non-hydrogen) atoms. The van der Waals surface area contributed by atoms with Gasteiger partial charge in [-0.15, -0.1) is 25.3 Å². The summed E-state index contributed by atoms with van der Waals surface area (Å²) in [6.45, 7) is 0. The smallest absolute Gasteiger partial charge is 0.00463 e. The number of benzene rings is 3. The van der Waals surface area contributed by atoms with E-state index in [2.05, 4.69) is 61.7 Å². The van der Waals surface area contributed by atoms with Gasteiger partial charge in [0.15, 0.2) is 0 Å². The number of rotatable bonds is 0. The Morgan fingerprint density at radius 3 is 1.38 bits per heavy atom. The summed E-state index contributed by atoms with van der Waals surface area (Å²) in [5.41, 5.74) is 0. The van der Waals surface area contributed by atoms with Crippen LogP contribution in [0.5, 0.6) is 0 Å². The largest absolute Gasteiger partial charge is 0.143 e. The van der Waals surface area contributed by atoms with Crippen LogP contribution >= 0.6 is 25.3 Å². The highest BCUT2D eigenvalue weighted by Crippen LogP contribution is 2.26. The molecule has 0 aromatic heterocycles. The van der Waals surface area contributed by atoms with Crippen molar-refractivity contribution >= 4 is 46.8 Å². The molecule has 0 bridgehead atoms. The van der Waals surface area contributed by atoms with Crippen molar-refractivity contribution in [2.75, 3.05) is 0 Å². The molecule has 2 heteroatoms. The molecule has 0 nitrogen and oxygen atoms in total. The molecule has 0 N–H and O–H groups in total. The molecule has 78 valence electrons. The average Bonchev–Trinajstić information content (AvgIpc) is 2.26. The summed E-state index contributed by atoms with van der Waals surface area (Å²) in [5.74, 6) is 0. The fraction of sp³-hybridized carbons (Fsp3) is 0. The second-order valence-corrected chi connectivity index (χ2v) is 4.95. The fourth-order valence-corrected chi connectivity index (χ4v) is 2.40. The lowest BCUT2D eigenvalue weighted by molar-refractivity contribution is 1.51. The Morgan fingerprint density at radius 2 is 0.938 bits per heavy atom. The first-order chi connectivity index (χ1) is 7.72. The third-order valence-corrected chi connectivity index (χ3v) is 3.32. The predicted octanol–water partition coefficient (Wildman–Crippen LogP) is 4.57. The number of thiol groups is 2. The second-order valence-electron chi connectivity index (χ2n) is 3.92. The molecule has 0 aliphatic heterocycles. The predicted molar refractivity (Wildman–Crippen MR) is 76.0 cm³/mol. The molecule has 0 atom stereocenters. The highest BCUT2D eigenvalue weighted by Gasteiger charge is 1.99. The third kappa shape index (κ3) is 1.68. The van der Waals surface area contributed by atoms with Gasteiger partial charge in [0.05, 0.1) is 0 Å². The monoisotopic (exact) mass is 242 g/mol. The van der Waals surface area contributed by atoms with Gasteiger partial charge < -0.3 is 0 Å². The summed E-state index contributed by atoms with van der Waals surface area (Å²) in [6.07, 6.45) is 0. The highest BCUT2D eigenvalue weighted by molar-refractivity contribution is 7.80. The molecule has 0 fully saturated rings. The van der Waals surface area contributed by atoms with Crippen LogP contribution in [0.15, 0.2) is 58.3 Å². The topological polar surface area (TPSA) is 0 Å². The van der Waals surface area contributed by atoms with Crippen LogP contribution < -0.4 is 0 Å². The minimum absolute atomic E-state index is 0.998. The summed E-state index contributed by atoms with van der Waals surface area (Å²) in [5, 5.41) is 4.94. The molecule has 0 spiro atoms. The molecule has 3 rings (SSSR count). The van der Waals surface area contributed by atoms with E-state index in [4.69, 9.17) is 0 Å². The standard InChI is InChI=1S/C14H10S2/c15-13-3-1-9-5-12-8-14(16)4-2-10(12)6-11(9)7-13/h1-8,15-16H. The van der Waals surface area contributed by atoms with Gasteiger partial charge in [0.2, 0.25) is 0 Å². The normalized spacial score (nSPS) is 11.1. The van der Waals surface area contributed by atoms with Crippen LogP contribution in [-0.4, -0.2) is 0 Å². The van der Waals surface area contributed by atoms with Gasteiger partial charge in [-0.25, -0.2) is 0 Å². The van der Waals surface area contributed by atoms with E-state index in [9.17, 15) is 0 Å². The molecule has 0 radical (unpaired) electrons. The van der Waals surface area contributed by atoms with Gasteiger partial charge in [-0.1, -0.05) is 12.1 Å². The Morgan fingerprint density at radius 1 is 0.500 bits per heavy atom. The zero-order valence-electron chi connectivity index (χ0n) is 8.51. The minimum atomic E-state index is 0.998. The second kappa shape index (κ2) is 3.72. The van der Waals surface area contributed by atoms with Crippen LogP contribution in [0.3, 0.4) is 0 Å². The van der Waals surface area contributed by atoms with Crippen molar-refractivity contribution in [2.24, 2.45) is 0 Å². The maximum Gasteiger partial charge on any atom is 0.00463 e. The first kappa shape index (κ1) is 10.1. The lowest BCUT2D eigenvalue weighted by atomic mass is 10.0. The Labute approximate surface area is 105 Å². The number of hydrogen-bond donors (Lipinski definition) is 2. The molecule has 0 saturated carbocycles. The van der Waals surface area contributed by atoms with Crippen LogP contribution in [0, 0.1) is 0 Å². The van der Waals surface area contributed by atoms with Crippen molar-refractivity contribution in [3.05, 3.63) is 48.5 Å². The molecular formula is C14H10S2. The number of hydrogen-bond acceptors (Lipinski definition) is 2. The van der Waals surface area contributed by atoms with Crippen LogP contribution in [0.25, 0.3) is 21.5 Å². The zero-order chi connectivity index (χ0) is 11.1. The van der Waals surface area contributed by atoms with E-state index in [-0.39, 0.29) is 0 Å². The minimum Gasteiger partial charge on any atom is -0.143 e. The van der Waals surface area contributed by atoms with E-state index >= 15 is 0 Å². The van der Waals surface area contributed by atoms with E-state index in [0.717, 1.165) is 9.79 Å². The maximum absolute atomic E-state index is 4.36. The van der Waals surface area contributed by atoms with Crippen LogP contribution in [0.1, 0.15) is 0 Å². The molecule has 0 amide bonds. The molecule has 0 heterocycles. The van der Waals surface area contributed by atoms with Crippen molar-refractivity contribution < 1.29 is 0 Å². The Bertz CT molecular complexity index is 625. The van der Waals surface area contributed by atoms with Gasteiger partial charge in [0.1, 0.15) is 0 Å². The molecule has 3 aromatic rings. The van der Waals surface area contributed by atoms with Gasteiger partial charge in [-0.3, -0.25) is 0 Å². The van der Waals surface area contributed by atoms with Crippen molar-refractivity contribution in [1.82, 2.24) is 0 Å². The van der Waals surface area contributed by atoms with Gasteiger partial charge >= 0.3 is 0 Å². The van der Waals surface area contributed by atoms with Gasteiger partial charge in [0.25, 0.3) is 0 Å². The third-order valence-electron chi connectivity index (χ3n) is 2.76. The Balaban J connectivity index is 2.44. The molecule has 0 aliphatic rings. The quantitative estimate of drug-likeness (QED) is 0.419. The lowest BCUT2D eigenvalue weighted by Crippen LogP contribution is -1.77. The molecule has 3 aromatic carbocycles. The summed E-state index contributed by atoms with van der Waals surface area (Å²) in [4.78, 5) is 2.00. The summed E-state index contributed by atoms with van der Waals surface area (Å²) in [7, 11) is 0. The molecule has 0 aliphatic carbocycles. The first-order valence-corrected chi connectivity index (χ1v) is 5.97. The molecular weight excluding hydrogens is 232 g/mol. The van der Waals surface area contributed by atoms with Crippen molar-refractivity contribution in [3.63, 3.8) is 0 Å². The van der Waals surface area contributed by atoms with Crippen molar-refractivity contribution in [2.45, 2.75) is 9.79 Å². The summed E-state index contributed by atoms with van der Waals surface area (Å²) in [6, 6.07) is 16.8. The molecule has 0 unspecified atom stereocenters. The van der Waals surface area contributed by atoms with Crippen molar-refractivity contribution in [3.8, 4) is 0 Å². The maximum atomic E-state index is 4.36. The average molecular weight is 242 g/mol. The van der Waals surface area contributed by atoms with E-state index in [1.807, 2.05) is 12.1 Å². The molecule has 0 saturated heterocycles. The van der Waals surface area contributed by atoms with Gasteiger partial charge in [-0.05, 0) is 57.9 Å². The van der Waals surface area contributed by atoms with Crippen LogP contribution in [0.4, 0.5) is 0 Å². The van der Waals surface area contributed by atoms with Gasteiger partial charge in [-0.2, -0.15) is 0 Å². The highest BCUT2D eigenvalue weighted by atomic mass is 32.1. The van der Waals surface area contributed by atoms with Crippen molar-refractivity contribution in [1.29, 1.82) is 0 Å². The van der Waals surface area contributed by atoms with Crippen LogP contribution in [-0.2, 0) is 0 Å². The van der Waals surface area contributed by atoms with E-state index in [1.165, 1.54) is 21.5 Å². The summed E-state index contributed by atoms with van der Waals surface area (Å²) >= 11 is 8.72. The first-order valence-electron chi connectivity index (χ1n) is 5.08. The van der Waals surface area contributed by atoms with E-state index in [1.54, 1.807) is 0 Å². The lowest BCUT2D eigenvalue weighted by Gasteiger charge is -2.03. The summed E-state index contributed by atoms with van der Waals surface area (Å²) < 4.78 is 0. The van der Waals surface area contributed by atoms with Gasteiger partial charge in [0, 0.05) is 9.79 Å². The van der Waals surface area contributed by atoms with Crippen LogP contribution in [0.2, 0.25) is 0 Å².